The van der Waals surface area contributed by atoms with Gasteiger partial charge >= 0.3 is 0 Å². The number of hydrogen-bond donors (Lipinski definition) is 2. The SMILES string of the molecule is CC(C)(O)c1ccccc1-c1ccc2[nH]c(/C=C/c3ccccc3)nc2c1. The molecule has 27 heavy (non-hydrogen) atoms. The Balaban J connectivity index is 1.71. The molecule has 4 rings (SSSR count). The summed E-state index contributed by atoms with van der Waals surface area (Å²) >= 11 is 0. The van der Waals surface area contributed by atoms with Gasteiger partial charge in [0.25, 0.3) is 0 Å². The van der Waals surface area contributed by atoms with E-state index in [0.29, 0.717) is 0 Å². The van der Waals surface area contributed by atoms with Gasteiger partial charge in [-0.3, -0.25) is 0 Å². The summed E-state index contributed by atoms with van der Waals surface area (Å²) in [6.45, 7) is 3.62. The molecule has 0 amide bonds. The van der Waals surface area contributed by atoms with Gasteiger partial charge in [-0.15, -0.1) is 0 Å². The van der Waals surface area contributed by atoms with Crippen LogP contribution in [0.5, 0.6) is 0 Å². The zero-order chi connectivity index (χ0) is 18.9. The number of aliphatic hydroxyl groups is 1. The third kappa shape index (κ3) is 3.69. The summed E-state index contributed by atoms with van der Waals surface area (Å²) in [7, 11) is 0. The molecule has 0 aliphatic rings. The van der Waals surface area contributed by atoms with Crippen LogP contribution in [0.3, 0.4) is 0 Å². The third-order valence-corrected chi connectivity index (χ3v) is 4.63. The number of rotatable bonds is 4. The van der Waals surface area contributed by atoms with Crippen molar-refractivity contribution in [3.63, 3.8) is 0 Å². The highest BCUT2D eigenvalue weighted by Gasteiger charge is 2.20. The molecule has 0 aliphatic carbocycles. The Morgan fingerprint density at radius 1 is 0.889 bits per heavy atom. The molecule has 0 spiro atoms. The van der Waals surface area contributed by atoms with Crippen LogP contribution in [0.1, 0.15) is 30.8 Å². The number of aromatic nitrogens is 2. The van der Waals surface area contributed by atoms with Gasteiger partial charge in [0.1, 0.15) is 5.82 Å². The summed E-state index contributed by atoms with van der Waals surface area (Å²) in [5.41, 5.74) is 5.11. The van der Waals surface area contributed by atoms with Crippen molar-refractivity contribution >= 4 is 23.2 Å². The Kier molecular flexibility index (Phi) is 4.38. The highest BCUT2D eigenvalue weighted by atomic mass is 16.3. The smallest absolute Gasteiger partial charge is 0.131 e. The van der Waals surface area contributed by atoms with Gasteiger partial charge in [-0.25, -0.2) is 4.98 Å². The quantitative estimate of drug-likeness (QED) is 0.499. The van der Waals surface area contributed by atoms with Gasteiger partial charge in [0.2, 0.25) is 0 Å². The van der Waals surface area contributed by atoms with Crippen molar-refractivity contribution in [3.8, 4) is 11.1 Å². The Labute approximate surface area is 159 Å². The van der Waals surface area contributed by atoms with Crippen molar-refractivity contribution in [1.29, 1.82) is 0 Å². The second-order valence-electron chi connectivity index (χ2n) is 7.20. The molecule has 2 N–H and O–H groups in total. The summed E-state index contributed by atoms with van der Waals surface area (Å²) < 4.78 is 0. The summed E-state index contributed by atoms with van der Waals surface area (Å²) in [6, 6.07) is 24.3. The molecule has 3 nitrogen and oxygen atoms in total. The topological polar surface area (TPSA) is 48.9 Å². The van der Waals surface area contributed by atoms with E-state index in [9.17, 15) is 5.11 Å². The number of hydrogen-bond acceptors (Lipinski definition) is 2. The van der Waals surface area contributed by atoms with Crippen molar-refractivity contribution in [1.82, 2.24) is 9.97 Å². The zero-order valence-electron chi connectivity index (χ0n) is 15.5. The Morgan fingerprint density at radius 3 is 2.41 bits per heavy atom. The van der Waals surface area contributed by atoms with E-state index >= 15 is 0 Å². The lowest BCUT2D eigenvalue weighted by atomic mass is 9.89. The second-order valence-corrected chi connectivity index (χ2v) is 7.20. The van der Waals surface area contributed by atoms with Crippen LogP contribution >= 0.6 is 0 Å². The number of nitrogens with zero attached hydrogens (tertiary/aromatic N) is 1. The fraction of sp³-hybridized carbons (Fsp3) is 0.125. The minimum atomic E-state index is -0.902. The lowest BCUT2D eigenvalue weighted by molar-refractivity contribution is 0.0792. The van der Waals surface area contributed by atoms with E-state index in [2.05, 4.69) is 29.2 Å². The third-order valence-electron chi connectivity index (χ3n) is 4.63. The van der Waals surface area contributed by atoms with Crippen LogP contribution in [-0.4, -0.2) is 15.1 Å². The lowest BCUT2D eigenvalue weighted by Gasteiger charge is -2.21. The van der Waals surface area contributed by atoms with Crippen LogP contribution in [-0.2, 0) is 5.60 Å². The molecule has 1 heterocycles. The molecule has 3 aromatic carbocycles. The molecule has 1 aromatic heterocycles. The van der Waals surface area contributed by atoms with Gasteiger partial charge < -0.3 is 10.1 Å². The molecule has 0 aliphatic heterocycles. The number of nitrogens with one attached hydrogen (secondary N) is 1. The van der Waals surface area contributed by atoms with Crippen LogP contribution in [0.15, 0.2) is 72.8 Å². The summed E-state index contributed by atoms with van der Waals surface area (Å²) in [6.07, 6.45) is 4.03. The zero-order valence-corrected chi connectivity index (χ0v) is 15.5. The number of H-pyrrole nitrogens is 1. The van der Waals surface area contributed by atoms with Crippen molar-refractivity contribution in [3.05, 3.63) is 89.7 Å². The van der Waals surface area contributed by atoms with E-state index in [1.54, 1.807) is 0 Å². The first kappa shape index (κ1) is 17.3. The van der Waals surface area contributed by atoms with Gasteiger partial charge in [-0.05, 0) is 54.3 Å². The minimum Gasteiger partial charge on any atom is -0.386 e. The average molecular weight is 354 g/mol. The average Bonchev–Trinajstić information content (AvgIpc) is 3.08. The van der Waals surface area contributed by atoms with Gasteiger partial charge in [-0.2, -0.15) is 0 Å². The van der Waals surface area contributed by atoms with Gasteiger partial charge in [0, 0.05) is 0 Å². The molecule has 0 atom stereocenters. The van der Waals surface area contributed by atoms with Crippen molar-refractivity contribution in [2.75, 3.05) is 0 Å². The summed E-state index contributed by atoms with van der Waals surface area (Å²) in [5, 5.41) is 10.5. The fourth-order valence-electron chi connectivity index (χ4n) is 3.28. The number of benzene rings is 3. The summed E-state index contributed by atoms with van der Waals surface area (Å²) in [5.74, 6) is 0.821. The number of aromatic amines is 1. The first-order valence-corrected chi connectivity index (χ1v) is 9.06. The van der Waals surface area contributed by atoms with E-state index in [4.69, 9.17) is 4.98 Å². The molecule has 4 aromatic rings. The number of imidazole rings is 1. The van der Waals surface area contributed by atoms with Crippen LogP contribution in [0, 0.1) is 0 Å². The predicted molar refractivity (Wildman–Crippen MR) is 112 cm³/mol. The fourth-order valence-corrected chi connectivity index (χ4v) is 3.28. The van der Waals surface area contributed by atoms with Gasteiger partial charge in [0.05, 0.1) is 16.6 Å². The molecule has 0 unspecified atom stereocenters. The van der Waals surface area contributed by atoms with E-state index in [-0.39, 0.29) is 0 Å². The highest BCUT2D eigenvalue weighted by molar-refractivity contribution is 5.84. The highest BCUT2D eigenvalue weighted by Crippen LogP contribution is 2.32. The first-order valence-electron chi connectivity index (χ1n) is 9.06. The molecule has 0 saturated carbocycles. The second kappa shape index (κ2) is 6.86. The normalized spacial score (nSPS) is 12.1. The maximum absolute atomic E-state index is 10.5. The Morgan fingerprint density at radius 2 is 1.63 bits per heavy atom. The van der Waals surface area contributed by atoms with E-state index in [1.807, 2.05) is 74.5 Å². The van der Waals surface area contributed by atoms with Crippen LogP contribution < -0.4 is 0 Å². The molecule has 0 fully saturated rings. The van der Waals surface area contributed by atoms with Crippen LogP contribution in [0.25, 0.3) is 34.3 Å². The molecule has 0 saturated heterocycles. The standard InChI is InChI=1S/C24H22N2O/c1-24(2,27)20-11-7-6-10-19(20)18-13-14-21-22(16-18)26-23(25-21)15-12-17-8-4-3-5-9-17/h3-16,27H,1-2H3,(H,25,26)/b15-12+. The molecular formula is C24H22N2O. The Hall–Kier alpha value is -3.17. The maximum Gasteiger partial charge on any atom is 0.131 e. The monoisotopic (exact) mass is 354 g/mol. The molecular weight excluding hydrogens is 332 g/mol. The van der Waals surface area contributed by atoms with Crippen molar-refractivity contribution in [2.45, 2.75) is 19.4 Å². The van der Waals surface area contributed by atoms with Crippen molar-refractivity contribution in [2.24, 2.45) is 0 Å². The maximum atomic E-state index is 10.5. The van der Waals surface area contributed by atoms with Gasteiger partial charge in [0.15, 0.2) is 0 Å². The lowest BCUT2D eigenvalue weighted by Crippen LogP contribution is -2.16. The molecule has 3 heteroatoms. The minimum absolute atomic E-state index is 0.821. The molecule has 134 valence electrons. The molecule has 0 bridgehead atoms. The van der Waals surface area contributed by atoms with E-state index in [1.165, 1.54) is 0 Å². The Bertz CT molecular complexity index is 1100. The van der Waals surface area contributed by atoms with Crippen LogP contribution in [0.4, 0.5) is 0 Å². The van der Waals surface area contributed by atoms with Crippen LogP contribution in [0.2, 0.25) is 0 Å². The van der Waals surface area contributed by atoms with Gasteiger partial charge in [-0.1, -0.05) is 66.7 Å². The summed E-state index contributed by atoms with van der Waals surface area (Å²) in [4.78, 5) is 8.04. The van der Waals surface area contributed by atoms with Crippen molar-refractivity contribution < 1.29 is 5.11 Å². The van der Waals surface area contributed by atoms with E-state index in [0.717, 1.165) is 39.1 Å². The molecule has 0 radical (unpaired) electrons. The predicted octanol–water partition coefficient (Wildman–Crippen LogP) is 5.63. The van der Waals surface area contributed by atoms with E-state index < -0.39 is 5.60 Å². The largest absolute Gasteiger partial charge is 0.386 e. The number of fused-ring (bicyclic) bond motifs is 1. The first-order chi connectivity index (χ1) is 13.0.